The maximum atomic E-state index is 10.9. The third-order valence-corrected chi connectivity index (χ3v) is 4.62. The molecule has 0 fully saturated rings. The molecule has 0 spiro atoms. The number of nitro benzene ring substituents is 1. The maximum Gasteiger partial charge on any atom is 0.274 e. The van der Waals surface area contributed by atoms with Gasteiger partial charge in [-0.05, 0) is 48.0 Å². The topological polar surface area (TPSA) is 55.2 Å². The summed E-state index contributed by atoms with van der Waals surface area (Å²) in [6, 6.07) is 9.34. The lowest BCUT2D eigenvalue weighted by Gasteiger charge is -2.13. The highest BCUT2D eigenvalue weighted by Gasteiger charge is 2.13. The van der Waals surface area contributed by atoms with E-state index in [1.54, 1.807) is 30.4 Å². The van der Waals surface area contributed by atoms with Gasteiger partial charge in [0.2, 0.25) is 0 Å². The van der Waals surface area contributed by atoms with Crippen molar-refractivity contribution in [3.63, 3.8) is 0 Å². The first-order valence-corrected chi connectivity index (χ1v) is 7.35. The van der Waals surface area contributed by atoms with Gasteiger partial charge in [-0.1, -0.05) is 6.07 Å². The number of hydrogen-bond donors (Lipinski definition) is 1. The van der Waals surface area contributed by atoms with Gasteiger partial charge in [-0.2, -0.15) is 0 Å². The summed E-state index contributed by atoms with van der Waals surface area (Å²) >= 11 is 5.08. The molecule has 0 saturated carbocycles. The molecule has 0 aliphatic rings. The van der Waals surface area contributed by atoms with Crippen molar-refractivity contribution in [3.8, 4) is 0 Å². The van der Waals surface area contributed by atoms with Gasteiger partial charge < -0.3 is 5.32 Å². The van der Waals surface area contributed by atoms with E-state index in [0.717, 1.165) is 9.47 Å². The fraction of sp³-hybridized carbons (Fsp3) is 0.231. The largest absolute Gasteiger partial charge is 0.378 e. The Kier molecular flexibility index (Phi) is 4.21. The molecule has 0 saturated heterocycles. The van der Waals surface area contributed by atoms with E-state index in [1.165, 1.54) is 4.88 Å². The molecule has 1 aromatic heterocycles. The molecule has 6 heteroatoms. The third kappa shape index (κ3) is 3.33. The Hall–Kier alpha value is -1.40. The lowest BCUT2D eigenvalue weighted by molar-refractivity contribution is -0.385. The van der Waals surface area contributed by atoms with Crippen LogP contribution in [-0.2, 0) is 0 Å². The minimum absolute atomic E-state index is 0.110. The molecule has 0 radical (unpaired) electrons. The van der Waals surface area contributed by atoms with E-state index < -0.39 is 0 Å². The second kappa shape index (κ2) is 5.71. The van der Waals surface area contributed by atoms with Crippen LogP contribution in [0.1, 0.15) is 23.4 Å². The summed E-state index contributed by atoms with van der Waals surface area (Å²) in [6.45, 7) is 3.77. The number of benzene rings is 1. The summed E-state index contributed by atoms with van der Waals surface area (Å²) in [7, 11) is 0. The second-order valence-electron chi connectivity index (χ2n) is 4.27. The molecule has 1 N–H and O–H groups in total. The monoisotopic (exact) mass is 340 g/mol. The first kappa shape index (κ1) is 14.0. The van der Waals surface area contributed by atoms with Crippen LogP contribution >= 0.6 is 27.3 Å². The van der Waals surface area contributed by atoms with E-state index in [2.05, 4.69) is 21.2 Å². The molecule has 1 atom stereocenters. The molecule has 1 unspecified atom stereocenters. The van der Waals surface area contributed by atoms with Gasteiger partial charge in [-0.25, -0.2) is 0 Å². The van der Waals surface area contributed by atoms with E-state index >= 15 is 0 Å². The summed E-state index contributed by atoms with van der Waals surface area (Å²) in [5.41, 5.74) is 1.57. The molecule has 1 aromatic carbocycles. The second-order valence-corrected chi connectivity index (χ2v) is 6.76. The molecule has 0 aliphatic heterocycles. The maximum absolute atomic E-state index is 10.9. The number of nitrogens with zero attached hydrogens (tertiary/aromatic N) is 1. The van der Waals surface area contributed by atoms with E-state index in [4.69, 9.17) is 0 Å². The zero-order valence-electron chi connectivity index (χ0n) is 10.5. The number of halogens is 1. The zero-order valence-corrected chi connectivity index (χ0v) is 12.9. The van der Waals surface area contributed by atoms with Crippen LogP contribution in [0, 0.1) is 17.0 Å². The van der Waals surface area contributed by atoms with E-state index in [0.29, 0.717) is 5.56 Å². The average Bonchev–Trinajstić information content (AvgIpc) is 2.78. The average molecular weight is 341 g/mol. The van der Waals surface area contributed by atoms with Gasteiger partial charge in [0.05, 0.1) is 14.8 Å². The fourth-order valence-electron chi connectivity index (χ4n) is 1.78. The molecule has 100 valence electrons. The molecular formula is C13H13BrN2O2S. The molecule has 19 heavy (non-hydrogen) atoms. The van der Waals surface area contributed by atoms with Crippen molar-refractivity contribution in [2.75, 3.05) is 5.32 Å². The molecule has 1 heterocycles. The summed E-state index contributed by atoms with van der Waals surface area (Å²) in [6.07, 6.45) is 0. The van der Waals surface area contributed by atoms with Crippen LogP contribution in [0.2, 0.25) is 0 Å². The summed E-state index contributed by atoms with van der Waals surface area (Å²) in [4.78, 5) is 11.7. The lowest BCUT2D eigenvalue weighted by Crippen LogP contribution is -2.05. The Morgan fingerprint density at radius 3 is 2.68 bits per heavy atom. The van der Waals surface area contributed by atoms with E-state index in [-0.39, 0.29) is 16.7 Å². The molecule has 2 aromatic rings. The van der Waals surface area contributed by atoms with Crippen molar-refractivity contribution in [1.29, 1.82) is 0 Å². The van der Waals surface area contributed by atoms with Gasteiger partial charge in [-0.15, -0.1) is 11.3 Å². The van der Waals surface area contributed by atoms with Crippen molar-refractivity contribution in [3.05, 3.63) is 54.7 Å². The van der Waals surface area contributed by atoms with Crippen LogP contribution in [0.4, 0.5) is 11.4 Å². The van der Waals surface area contributed by atoms with Gasteiger partial charge in [0.15, 0.2) is 0 Å². The molecule has 4 nitrogen and oxygen atoms in total. The highest BCUT2D eigenvalue weighted by Crippen LogP contribution is 2.30. The number of rotatable bonds is 4. The van der Waals surface area contributed by atoms with Gasteiger partial charge in [0.25, 0.3) is 5.69 Å². The Morgan fingerprint density at radius 1 is 1.37 bits per heavy atom. The molecular weight excluding hydrogens is 328 g/mol. The smallest absolute Gasteiger partial charge is 0.274 e. The van der Waals surface area contributed by atoms with Crippen LogP contribution in [0.3, 0.4) is 0 Å². The SMILES string of the molecule is Cc1ccc(NC(C)c2ccc(Br)s2)cc1[N+](=O)[O-]. The van der Waals surface area contributed by atoms with Crippen LogP contribution < -0.4 is 5.32 Å². The normalized spacial score (nSPS) is 12.2. The first-order chi connectivity index (χ1) is 8.97. The standard InChI is InChI=1S/C13H13BrN2O2S/c1-8-3-4-10(7-11(8)16(17)18)15-9(2)12-5-6-13(14)19-12/h3-7,9,15H,1-2H3. The Labute approximate surface area is 123 Å². The Balaban J connectivity index is 2.19. The van der Waals surface area contributed by atoms with Crippen molar-refractivity contribution >= 4 is 38.6 Å². The summed E-state index contributed by atoms with van der Waals surface area (Å²) in [5, 5.41) is 14.2. The molecule has 0 amide bonds. The van der Waals surface area contributed by atoms with Crippen LogP contribution in [0.5, 0.6) is 0 Å². The first-order valence-electron chi connectivity index (χ1n) is 5.74. The molecule has 0 aliphatic carbocycles. The summed E-state index contributed by atoms with van der Waals surface area (Å²) in [5.74, 6) is 0. The number of hydrogen-bond acceptors (Lipinski definition) is 4. The molecule has 0 bridgehead atoms. The highest BCUT2D eigenvalue weighted by atomic mass is 79.9. The molecule has 2 rings (SSSR count). The van der Waals surface area contributed by atoms with Gasteiger partial charge in [0.1, 0.15) is 0 Å². The Bertz CT molecular complexity index is 612. The van der Waals surface area contributed by atoms with E-state index in [1.807, 2.05) is 25.1 Å². The van der Waals surface area contributed by atoms with Gasteiger partial charge >= 0.3 is 0 Å². The van der Waals surface area contributed by atoms with Crippen molar-refractivity contribution < 1.29 is 4.92 Å². The number of anilines is 1. The quantitative estimate of drug-likeness (QED) is 0.636. The third-order valence-electron chi connectivity index (χ3n) is 2.81. The van der Waals surface area contributed by atoms with Crippen LogP contribution in [-0.4, -0.2) is 4.92 Å². The minimum Gasteiger partial charge on any atom is -0.378 e. The van der Waals surface area contributed by atoms with Crippen molar-refractivity contribution in [2.24, 2.45) is 0 Å². The number of thiophene rings is 1. The summed E-state index contributed by atoms with van der Waals surface area (Å²) < 4.78 is 1.08. The minimum atomic E-state index is -0.354. The number of nitro groups is 1. The lowest BCUT2D eigenvalue weighted by atomic mass is 10.1. The predicted molar refractivity (Wildman–Crippen MR) is 81.9 cm³/mol. The number of aryl methyl sites for hydroxylation is 1. The van der Waals surface area contributed by atoms with Crippen LogP contribution in [0.15, 0.2) is 34.1 Å². The zero-order chi connectivity index (χ0) is 14.0. The predicted octanol–water partition coefficient (Wildman–Crippen LogP) is 4.90. The van der Waals surface area contributed by atoms with Gasteiger partial charge in [0, 0.05) is 22.2 Å². The number of nitrogens with one attached hydrogen (secondary N) is 1. The van der Waals surface area contributed by atoms with Crippen molar-refractivity contribution in [1.82, 2.24) is 0 Å². The van der Waals surface area contributed by atoms with Crippen LogP contribution in [0.25, 0.3) is 0 Å². The fourth-order valence-corrected chi connectivity index (χ4v) is 3.20. The van der Waals surface area contributed by atoms with Gasteiger partial charge in [-0.3, -0.25) is 10.1 Å². The van der Waals surface area contributed by atoms with Crippen molar-refractivity contribution in [2.45, 2.75) is 19.9 Å². The highest BCUT2D eigenvalue weighted by molar-refractivity contribution is 9.11. The Morgan fingerprint density at radius 2 is 2.11 bits per heavy atom. The van der Waals surface area contributed by atoms with E-state index in [9.17, 15) is 10.1 Å².